The predicted molar refractivity (Wildman–Crippen MR) is 16.3 cm³/mol. The number of β-lactam (4-membered cyclic amide) rings is 1. The summed E-state index contributed by atoms with van der Waals surface area (Å²) >= 11 is 0. The lowest BCUT2D eigenvalue weighted by Crippen LogP contribution is -2.30. The summed E-state index contributed by atoms with van der Waals surface area (Å²) in [4.78, 5) is 9.68. The van der Waals surface area contributed by atoms with E-state index < -0.39 is 0 Å². The van der Waals surface area contributed by atoms with Crippen LogP contribution in [0.2, 0.25) is 0 Å². The zero-order chi connectivity index (χ0) is 3.70. The van der Waals surface area contributed by atoms with Crippen molar-refractivity contribution in [3.8, 4) is 0 Å². The van der Waals surface area contributed by atoms with Crippen LogP contribution < -0.4 is 5.32 Å². The smallest absolute Gasteiger partial charge is 0.247 e. The summed E-state index contributed by atoms with van der Waals surface area (Å²) in [5, 5.41) is 3.38. The molecule has 0 atom stereocenters. The molecule has 5 heavy (non-hydrogen) atoms. The van der Waals surface area contributed by atoms with E-state index in [0.29, 0.717) is 6.54 Å². The Morgan fingerprint density at radius 1 is 2.00 bits per heavy atom. The first-order valence-corrected chi connectivity index (χ1v) is 1.44. The van der Waals surface area contributed by atoms with Gasteiger partial charge in [-0.05, 0) is 0 Å². The Labute approximate surface area is 30.2 Å². The highest BCUT2D eigenvalue weighted by Crippen LogP contribution is 1.86. The van der Waals surface area contributed by atoms with E-state index in [-0.39, 0.29) is 5.91 Å². The van der Waals surface area contributed by atoms with E-state index in [0.717, 1.165) is 0 Å². The standard InChI is InChI=1S/C3H3NO/c5-3-1-2-4-3/h1H,2H2. The molecule has 2 nitrogen and oxygen atoms in total. The Morgan fingerprint density at radius 2 is 2.40 bits per heavy atom. The first kappa shape index (κ1) is 2.69. The van der Waals surface area contributed by atoms with Crippen LogP contribution in [0.4, 0.5) is 0 Å². The van der Waals surface area contributed by atoms with Gasteiger partial charge in [-0.1, -0.05) is 0 Å². The van der Waals surface area contributed by atoms with Crippen molar-refractivity contribution in [2.45, 2.75) is 0 Å². The number of rotatable bonds is 0. The third-order valence-electron chi connectivity index (χ3n) is 0.513. The van der Waals surface area contributed by atoms with Crippen molar-refractivity contribution in [1.29, 1.82) is 0 Å². The summed E-state index contributed by atoms with van der Waals surface area (Å²) in [7, 11) is 0. The van der Waals surface area contributed by atoms with Crippen LogP contribution in [0.1, 0.15) is 0 Å². The SMILES string of the molecule is O=C1[CH]C[N]1. The van der Waals surface area contributed by atoms with Crippen molar-refractivity contribution in [2.75, 3.05) is 6.54 Å². The molecule has 0 spiro atoms. The molecule has 1 aliphatic rings. The Hall–Kier alpha value is -0.530. The van der Waals surface area contributed by atoms with Crippen molar-refractivity contribution >= 4 is 5.91 Å². The molecule has 2 heteroatoms. The van der Waals surface area contributed by atoms with Gasteiger partial charge in [-0.15, -0.1) is 0 Å². The highest BCUT2D eigenvalue weighted by molar-refractivity contribution is 5.90. The summed E-state index contributed by atoms with van der Waals surface area (Å²) in [5.41, 5.74) is 0. The highest BCUT2D eigenvalue weighted by atomic mass is 16.2. The maximum absolute atomic E-state index is 9.68. The topological polar surface area (TPSA) is 31.2 Å². The maximum Gasteiger partial charge on any atom is 0.247 e. The van der Waals surface area contributed by atoms with Crippen LogP contribution in [0.3, 0.4) is 0 Å². The molecule has 1 saturated heterocycles. The molecule has 1 aliphatic heterocycles. The second-order valence-electron chi connectivity index (χ2n) is 0.883. The van der Waals surface area contributed by atoms with Gasteiger partial charge in [0, 0.05) is 0 Å². The summed E-state index contributed by atoms with van der Waals surface area (Å²) in [5.74, 6) is -0.0648. The zero-order valence-electron chi connectivity index (χ0n) is 2.64. The lowest BCUT2D eigenvalue weighted by Gasteiger charge is -2.05. The fourth-order valence-corrected chi connectivity index (χ4v) is 0.166. The van der Waals surface area contributed by atoms with Crippen LogP contribution in [-0.2, 0) is 4.79 Å². The van der Waals surface area contributed by atoms with Gasteiger partial charge in [0.15, 0.2) is 0 Å². The Bertz CT molecular complexity index is 53.9. The van der Waals surface area contributed by atoms with Crippen LogP contribution in [0.15, 0.2) is 0 Å². The highest BCUT2D eigenvalue weighted by Gasteiger charge is 2.11. The quantitative estimate of drug-likeness (QED) is 0.347. The molecule has 0 aliphatic carbocycles. The van der Waals surface area contributed by atoms with E-state index in [4.69, 9.17) is 0 Å². The molecule has 1 rings (SSSR count). The van der Waals surface area contributed by atoms with E-state index in [2.05, 4.69) is 5.32 Å². The van der Waals surface area contributed by atoms with Crippen molar-refractivity contribution < 1.29 is 4.79 Å². The molecule has 0 saturated carbocycles. The second-order valence-corrected chi connectivity index (χ2v) is 0.883. The van der Waals surface area contributed by atoms with Gasteiger partial charge in [-0.25, -0.2) is 0 Å². The molecule has 1 fully saturated rings. The van der Waals surface area contributed by atoms with Crippen molar-refractivity contribution in [2.24, 2.45) is 0 Å². The first-order chi connectivity index (χ1) is 2.39. The molecule has 2 radical (unpaired) electrons. The fourth-order valence-electron chi connectivity index (χ4n) is 0.166. The minimum absolute atomic E-state index is 0.0648. The third-order valence-corrected chi connectivity index (χ3v) is 0.513. The molecule has 0 aromatic carbocycles. The molecule has 0 unspecified atom stereocenters. The van der Waals surface area contributed by atoms with Gasteiger partial charge < -0.3 is 0 Å². The normalized spacial score (nSPS) is 20.4. The van der Waals surface area contributed by atoms with Gasteiger partial charge in [-0.3, -0.25) is 10.1 Å². The lowest BCUT2D eigenvalue weighted by molar-refractivity contribution is -0.121. The molecule has 0 bridgehead atoms. The molecule has 0 N–H and O–H groups in total. The van der Waals surface area contributed by atoms with Crippen molar-refractivity contribution in [3.05, 3.63) is 6.42 Å². The number of nitrogens with zero attached hydrogens (tertiary/aromatic N) is 1. The molecular weight excluding hydrogens is 66.0 g/mol. The van der Waals surface area contributed by atoms with Crippen LogP contribution >= 0.6 is 0 Å². The minimum atomic E-state index is -0.0648. The van der Waals surface area contributed by atoms with Crippen molar-refractivity contribution in [1.82, 2.24) is 5.32 Å². The molecule has 26 valence electrons. The fraction of sp³-hybridized carbons (Fsp3) is 0.333. The van der Waals surface area contributed by atoms with Gasteiger partial charge in [0.2, 0.25) is 5.91 Å². The second kappa shape index (κ2) is 0.708. The number of carbonyl (C=O) groups is 1. The van der Waals surface area contributed by atoms with Gasteiger partial charge in [0.05, 0.1) is 13.0 Å². The lowest BCUT2D eigenvalue weighted by atomic mass is 10.3. The van der Waals surface area contributed by atoms with Gasteiger partial charge in [-0.2, -0.15) is 0 Å². The van der Waals surface area contributed by atoms with E-state index in [9.17, 15) is 4.79 Å². The van der Waals surface area contributed by atoms with E-state index in [1.165, 1.54) is 0 Å². The van der Waals surface area contributed by atoms with Gasteiger partial charge >= 0.3 is 0 Å². The van der Waals surface area contributed by atoms with Crippen LogP contribution in [0.25, 0.3) is 0 Å². The minimum Gasteiger partial charge on any atom is -0.273 e. The Morgan fingerprint density at radius 3 is 2.40 bits per heavy atom. The summed E-state index contributed by atoms with van der Waals surface area (Å²) < 4.78 is 0. The average Bonchev–Trinajstić information content (AvgIpc) is 1.30. The van der Waals surface area contributed by atoms with Crippen LogP contribution in [0, 0.1) is 6.42 Å². The summed E-state index contributed by atoms with van der Waals surface area (Å²) in [6, 6.07) is 0. The molecule has 0 aromatic rings. The first-order valence-electron chi connectivity index (χ1n) is 1.44. The van der Waals surface area contributed by atoms with Crippen LogP contribution in [0.5, 0.6) is 0 Å². The Balaban J connectivity index is 2.32. The molecule has 0 aromatic heterocycles. The van der Waals surface area contributed by atoms with Gasteiger partial charge in [0.25, 0.3) is 0 Å². The third kappa shape index (κ3) is 0.251. The van der Waals surface area contributed by atoms with E-state index in [1.807, 2.05) is 0 Å². The van der Waals surface area contributed by atoms with Crippen LogP contribution in [-0.4, -0.2) is 12.5 Å². The van der Waals surface area contributed by atoms with E-state index >= 15 is 0 Å². The number of hydrogen-bond donors (Lipinski definition) is 0. The molecular formula is C3H3NO. The van der Waals surface area contributed by atoms with E-state index in [1.54, 1.807) is 6.42 Å². The predicted octanol–water partition coefficient (Wildman–Crippen LogP) is -0.665. The monoisotopic (exact) mass is 69.0 g/mol. The average molecular weight is 69.1 g/mol. The Kier molecular flexibility index (Phi) is 0.381. The largest absolute Gasteiger partial charge is 0.273 e. The van der Waals surface area contributed by atoms with Gasteiger partial charge in [0.1, 0.15) is 0 Å². The molecule has 1 heterocycles. The zero-order valence-corrected chi connectivity index (χ0v) is 2.64. The number of amides is 1. The maximum atomic E-state index is 9.68. The van der Waals surface area contributed by atoms with Crippen molar-refractivity contribution in [3.63, 3.8) is 0 Å². The number of hydrogen-bond acceptors (Lipinski definition) is 1. The summed E-state index contributed by atoms with van der Waals surface area (Å²) in [6.45, 7) is 0.638. The molecule has 1 amide bonds. The number of carbonyl (C=O) groups excluding carboxylic acids is 1. The summed E-state index contributed by atoms with van der Waals surface area (Å²) in [6.07, 6.45) is 1.54.